The first-order chi connectivity index (χ1) is 15.4. The average Bonchev–Trinajstić information content (AvgIpc) is 3.01. The lowest BCUT2D eigenvalue weighted by molar-refractivity contribution is 0.152. The van der Waals surface area contributed by atoms with E-state index in [-0.39, 0.29) is 11.4 Å². The van der Waals surface area contributed by atoms with Gasteiger partial charge in [0, 0.05) is 48.5 Å². The molecule has 0 unspecified atom stereocenters. The molecule has 1 aromatic heterocycles. The largest absolute Gasteiger partial charge is 0.380 e. The molecule has 0 spiro atoms. The molecule has 3 heterocycles. The second kappa shape index (κ2) is 9.24. The number of urea groups is 1. The zero-order valence-electron chi connectivity index (χ0n) is 19.4. The lowest BCUT2D eigenvalue weighted by atomic mass is 9.87. The van der Waals surface area contributed by atoms with Crippen LogP contribution in [0.25, 0.3) is 11.4 Å². The molecule has 32 heavy (non-hydrogen) atoms. The fraction of sp³-hybridized carbons (Fsp3) is 0.500. The molecule has 1 fully saturated rings. The molecule has 2 N–H and O–H groups in total. The first kappa shape index (κ1) is 22.2. The molecule has 2 aromatic rings. The van der Waals surface area contributed by atoms with Gasteiger partial charge in [0.05, 0.1) is 24.6 Å². The highest BCUT2D eigenvalue weighted by Gasteiger charge is 2.32. The molecule has 8 nitrogen and oxygen atoms in total. The molecule has 0 bridgehead atoms. The van der Waals surface area contributed by atoms with E-state index in [1.807, 2.05) is 31.2 Å². The summed E-state index contributed by atoms with van der Waals surface area (Å²) in [4.78, 5) is 28.9. The summed E-state index contributed by atoms with van der Waals surface area (Å²) in [6.07, 6.45) is 0.973. The highest BCUT2D eigenvalue weighted by molar-refractivity contribution is 6.06. The van der Waals surface area contributed by atoms with E-state index < -0.39 is 0 Å². The molecule has 0 saturated carbocycles. The van der Waals surface area contributed by atoms with Crippen LogP contribution in [0.1, 0.15) is 45.4 Å². The Balaban J connectivity index is 1.71. The van der Waals surface area contributed by atoms with Gasteiger partial charge in [-0.2, -0.15) is 0 Å². The van der Waals surface area contributed by atoms with Crippen LogP contribution in [0.3, 0.4) is 0 Å². The minimum atomic E-state index is -0.217. The maximum absolute atomic E-state index is 11.8. The number of aromatic nitrogens is 2. The van der Waals surface area contributed by atoms with Crippen LogP contribution in [0, 0.1) is 5.41 Å². The summed E-state index contributed by atoms with van der Waals surface area (Å²) < 4.78 is 5.66. The van der Waals surface area contributed by atoms with E-state index in [4.69, 9.17) is 19.7 Å². The van der Waals surface area contributed by atoms with Crippen molar-refractivity contribution in [1.29, 1.82) is 0 Å². The molecular formula is C24H32N6O2. The predicted octanol–water partition coefficient (Wildman–Crippen LogP) is 3.86. The number of ether oxygens (including phenoxy) is 1. The maximum atomic E-state index is 11.8. The van der Waals surface area contributed by atoms with E-state index in [0.29, 0.717) is 25.5 Å². The third-order valence-corrected chi connectivity index (χ3v) is 5.58. The van der Waals surface area contributed by atoms with E-state index in [1.165, 1.54) is 0 Å². The highest BCUT2D eigenvalue weighted by Crippen LogP contribution is 2.35. The van der Waals surface area contributed by atoms with Gasteiger partial charge < -0.3 is 20.3 Å². The van der Waals surface area contributed by atoms with Gasteiger partial charge in [0.15, 0.2) is 5.82 Å². The van der Waals surface area contributed by atoms with Crippen molar-refractivity contribution in [2.45, 2.75) is 40.7 Å². The number of hydrogen-bond acceptors (Lipinski definition) is 6. The van der Waals surface area contributed by atoms with Gasteiger partial charge in [-0.05, 0) is 37.6 Å². The summed E-state index contributed by atoms with van der Waals surface area (Å²) in [7, 11) is 0. The molecule has 8 heteroatoms. The topological polar surface area (TPSA) is 91.7 Å². The summed E-state index contributed by atoms with van der Waals surface area (Å²) in [5.41, 5.74) is 4.61. The number of nitrogens with one attached hydrogen (secondary N) is 2. The molecule has 4 rings (SSSR count). The SMILES string of the molecule is CCNC(=O)Nc1ccc(-c2nc3c(c(N4CCCOCC4)n2)CN=C3C(C)(C)C)cc1. The second-order valence-electron chi connectivity index (χ2n) is 9.13. The van der Waals surface area contributed by atoms with Crippen LogP contribution in [-0.4, -0.2) is 54.6 Å². The van der Waals surface area contributed by atoms with Crippen LogP contribution in [-0.2, 0) is 11.3 Å². The van der Waals surface area contributed by atoms with Crippen molar-refractivity contribution in [1.82, 2.24) is 15.3 Å². The number of benzene rings is 1. The summed E-state index contributed by atoms with van der Waals surface area (Å²) in [5.74, 6) is 1.63. The van der Waals surface area contributed by atoms with E-state index in [0.717, 1.165) is 60.2 Å². The maximum Gasteiger partial charge on any atom is 0.319 e. The fourth-order valence-corrected chi connectivity index (χ4v) is 4.03. The molecule has 2 aliphatic rings. The van der Waals surface area contributed by atoms with Gasteiger partial charge in [-0.3, -0.25) is 4.99 Å². The van der Waals surface area contributed by atoms with Gasteiger partial charge in [-0.15, -0.1) is 0 Å². The van der Waals surface area contributed by atoms with Crippen LogP contribution in [0.5, 0.6) is 0 Å². The molecule has 170 valence electrons. The van der Waals surface area contributed by atoms with Crippen LogP contribution in [0.2, 0.25) is 0 Å². The number of carbonyl (C=O) groups is 1. The van der Waals surface area contributed by atoms with Gasteiger partial charge in [0.2, 0.25) is 0 Å². The van der Waals surface area contributed by atoms with Gasteiger partial charge in [0.25, 0.3) is 0 Å². The number of rotatable bonds is 4. The molecule has 2 aliphatic heterocycles. The predicted molar refractivity (Wildman–Crippen MR) is 128 cm³/mol. The Labute approximate surface area is 189 Å². The third kappa shape index (κ3) is 4.75. The number of carbonyl (C=O) groups excluding carboxylic acids is 1. The van der Waals surface area contributed by atoms with Crippen LogP contribution < -0.4 is 15.5 Å². The Kier molecular flexibility index (Phi) is 6.41. The van der Waals surface area contributed by atoms with E-state index in [9.17, 15) is 4.79 Å². The van der Waals surface area contributed by atoms with Crippen molar-refractivity contribution in [3.63, 3.8) is 0 Å². The van der Waals surface area contributed by atoms with Crippen molar-refractivity contribution in [2.24, 2.45) is 10.4 Å². The molecule has 1 aromatic carbocycles. The Morgan fingerprint density at radius 2 is 1.91 bits per heavy atom. The van der Waals surface area contributed by atoms with Crippen molar-refractivity contribution in [3.05, 3.63) is 35.5 Å². The Morgan fingerprint density at radius 1 is 1.12 bits per heavy atom. The average molecular weight is 437 g/mol. The molecule has 2 amide bonds. The minimum Gasteiger partial charge on any atom is -0.380 e. The molecule has 1 saturated heterocycles. The standard InChI is InChI=1S/C24H32N6O2/c1-5-25-23(31)27-17-9-7-16(8-10-17)21-28-19-18(15-26-20(19)24(2,3)4)22(29-21)30-11-6-13-32-14-12-30/h7-10H,5-6,11-15H2,1-4H3,(H2,25,27,31). The monoisotopic (exact) mass is 436 g/mol. The van der Waals surface area contributed by atoms with Crippen molar-refractivity contribution in [2.75, 3.05) is 43.1 Å². The second-order valence-corrected chi connectivity index (χ2v) is 9.13. The van der Waals surface area contributed by atoms with Crippen molar-refractivity contribution >= 4 is 23.2 Å². The summed E-state index contributed by atoms with van der Waals surface area (Å²) in [6.45, 7) is 12.8. The number of amides is 2. The zero-order valence-corrected chi connectivity index (χ0v) is 19.4. The number of anilines is 2. The zero-order chi connectivity index (χ0) is 22.7. The van der Waals surface area contributed by atoms with E-state index >= 15 is 0 Å². The minimum absolute atomic E-state index is 0.101. The van der Waals surface area contributed by atoms with Crippen LogP contribution >= 0.6 is 0 Å². The Bertz CT molecular complexity index is 1000. The number of hydrogen-bond donors (Lipinski definition) is 2. The van der Waals surface area contributed by atoms with E-state index in [1.54, 1.807) is 0 Å². The lowest BCUT2D eigenvalue weighted by Gasteiger charge is -2.25. The molecule has 0 atom stereocenters. The molecular weight excluding hydrogens is 404 g/mol. The van der Waals surface area contributed by atoms with Gasteiger partial charge >= 0.3 is 6.03 Å². The first-order valence-electron chi connectivity index (χ1n) is 11.3. The van der Waals surface area contributed by atoms with Crippen LogP contribution in [0.15, 0.2) is 29.3 Å². The number of aliphatic imine (C=N–C) groups is 1. The summed E-state index contributed by atoms with van der Waals surface area (Å²) in [5, 5.41) is 5.56. The Morgan fingerprint density at radius 3 is 2.62 bits per heavy atom. The van der Waals surface area contributed by atoms with Crippen LogP contribution in [0.4, 0.5) is 16.3 Å². The quantitative estimate of drug-likeness (QED) is 0.759. The van der Waals surface area contributed by atoms with Gasteiger partial charge in [0.1, 0.15) is 5.82 Å². The van der Waals surface area contributed by atoms with E-state index in [2.05, 4.69) is 36.3 Å². The lowest BCUT2D eigenvalue weighted by Crippen LogP contribution is -2.29. The summed E-state index contributed by atoms with van der Waals surface area (Å²) >= 11 is 0. The Hall–Kier alpha value is -3.00. The summed E-state index contributed by atoms with van der Waals surface area (Å²) in [6, 6.07) is 7.42. The number of nitrogens with zero attached hydrogens (tertiary/aromatic N) is 4. The van der Waals surface area contributed by atoms with Crippen molar-refractivity contribution < 1.29 is 9.53 Å². The number of fused-ring (bicyclic) bond motifs is 1. The first-order valence-corrected chi connectivity index (χ1v) is 11.3. The normalized spacial score (nSPS) is 16.2. The van der Waals surface area contributed by atoms with Crippen molar-refractivity contribution in [3.8, 4) is 11.4 Å². The third-order valence-electron chi connectivity index (χ3n) is 5.58. The smallest absolute Gasteiger partial charge is 0.319 e. The van der Waals surface area contributed by atoms with Gasteiger partial charge in [-0.25, -0.2) is 14.8 Å². The fourth-order valence-electron chi connectivity index (χ4n) is 4.03. The van der Waals surface area contributed by atoms with Gasteiger partial charge in [-0.1, -0.05) is 20.8 Å². The molecule has 0 radical (unpaired) electrons. The highest BCUT2D eigenvalue weighted by atomic mass is 16.5. The molecule has 0 aliphatic carbocycles.